The molecule has 0 N–H and O–H groups in total. The fourth-order valence-corrected chi connectivity index (χ4v) is 3.37. The standard InChI is InChI=1S/C21H32O2/c1-3-4-5-17-23-21-14-12-20(13-15-21)19-10-8-18(9-11-19)7-6-16-22-2/h6-7,12-15,18-19H,3-5,8-11,16-17H2,1-2H3/t18-,19-. The maximum Gasteiger partial charge on any atom is 0.119 e. The van der Waals surface area contributed by atoms with Crippen LogP contribution in [0.2, 0.25) is 0 Å². The summed E-state index contributed by atoms with van der Waals surface area (Å²) in [5.74, 6) is 2.47. The number of benzene rings is 1. The molecule has 0 aromatic heterocycles. The van der Waals surface area contributed by atoms with Crippen LogP contribution in [0.4, 0.5) is 0 Å². The van der Waals surface area contributed by atoms with E-state index in [4.69, 9.17) is 9.47 Å². The summed E-state index contributed by atoms with van der Waals surface area (Å²) in [6, 6.07) is 8.82. The van der Waals surface area contributed by atoms with E-state index in [9.17, 15) is 0 Å². The summed E-state index contributed by atoms with van der Waals surface area (Å²) in [4.78, 5) is 0. The molecular weight excluding hydrogens is 284 g/mol. The molecule has 0 radical (unpaired) electrons. The Morgan fingerprint density at radius 1 is 1.04 bits per heavy atom. The van der Waals surface area contributed by atoms with E-state index < -0.39 is 0 Å². The van der Waals surface area contributed by atoms with Gasteiger partial charge in [0.05, 0.1) is 13.2 Å². The summed E-state index contributed by atoms with van der Waals surface area (Å²) in [6.45, 7) is 3.79. The lowest BCUT2D eigenvalue weighted by atomic mass is 9.78. The molecule has 1 fully saturated rings. The summed E-state index contributed by atoms with van der Waals surface area (Å²) in [6.07, 6.45) is 13.3. The molecule has 0 atom stereocenters. The first-order valence-corrected chi connectivity index (χ1v) is 9.21. The third-order valence-corrected chi connectivity index (χ3v) is 4.81. The molecule has 2 rings (SSSR count). The van der Waals surface area contributed by atoms with E-state index in [1.54, 1.807) is 7.11 Å². The van der Waals surface area contributed by atoms with Crippen molar-refractivity contribution in [1.82, 2.24) is 0 Å². The van der Waals surface area contributed by atoms with E-state index in [1.165, 1.54) is 44.1 Å². The number of methoxy groups -OCH3 is 1. The Bertz CT molecular complexity index is 441. The Morgan fingerprint density at radius 2 is 1.78 bits per heavy atom. The van der Waals surface area contributed by atoms with Gasteiger partial charge in [-0.3, -0.25) is 0 Å². The van der Waals surface area contributed by atoms with Crippen molar-refractivity contribution >= 4 is 0 Å². The summed E-state index contributed by atoms with van der Waals surface area (Å²) in [7, 11) is 1.75. The van der Waals surface area contributed by atoms with Gasteiger partial charge in [0.2, 0.25) is 0 Å². The van der Waals surface area contributed by atoms with Crippen LogP contribution < -0.4 is 4.74 Å². The van der Waals surface area contributed by atoms with Crippen molar-refractivity contribution in [3.8, 4) is 5.75 Å². The van der Waals surface area contributed by atoms with Crippen molar-refractivity contribution in [1.29, 1.82) is 0 Å². The third-order valence-electron chi connectivity index (χ3n) is 4.81. The minimum Gasteiger partial charge on any atom is -0.494 e. The molecule has 2 heteroatoms. The molecule has 0 amide bonds. The topological polar surface area (TPSA) is 18.5 Å². The molecular formula is C21H32O2. The van der Waals surface area contributed by atoms with Gasteiger partial charge < -0.3 is 9.47 Å². The molecule has 0 aliphatic heterocycles. The minimum atomic E-state index is 0.719. The van der Waals surface area contributed by atoms with Gasteiger partial charge in [0.1, 0.15) is 5.75 Å². The Labute approximate surface area is 141 Å². The summed E-state index contributed by atoms with van der Waals surface area (Å²) >= 11 is 0. The van der Waals surface area contributed by atoms with Crippen LogP contribution in [0.1, 0.15) is 63.4 Å². The van der Waals surface area contributed by atoms with Crippen LogP contribution in [0, 0.1) is 5.92 Å². The van der Waals surface area contributed by atoms with Crippen molar-refractivity contribution < 1.29 is 9.47 Å². The van der Waals surface area contributed by atoms with E-state index in [2.05, 4.69) is 43.3 Å². The van der Waals surface area contributed by atoms with Crippen LogP contribution in [-0.4, -0.2) is 20.3 Å². The number of allylic oxidation sites excluding steroid dienone is 1. The zero-order valence-electron chi connectivity index (χ0n) is 14.8. The average molecular weight is 316 g/mol. The summed E-state index contributed by atoms with van der Waals surface area (Å²) in [5, 5.41) is 0. The Morgan fingerprint density at radius 3 is 2.43 bits per heavy atom. The van der Waals surface area contributed by atoms with Crippen molar-refractivity contribution in [2.45, 2.75) is 57.8 Å². The second-order valence-corrected chi connectivity index (χ2v) is 6.62. The van der Waals surface area contributed by atoms with Gasteiger partial charge in [-0.05, 0) is 61.6 Å². The fraction of sp³-hybridized carbons (Fsp3) is 0.619. The Balaban J connectivity index is 1.75. The van der Waals surface area contributed by atoms with Gasteiger partial charge in [-0.15, -0.1) is 0 Å². The smallest absolute Gasteiger partial charge is 0.119 e. The van der Waals surface area contributed by atoms with Crippen molar-refractivity contribution in [2.24, 2.45) is 5.92 Å². The Kier molecular flexibility index (Phi) is 8.24. The highest BCUT2D eigenvalue weighted by molar-refractivity contribution is 5.29. The molecule has 1 aliphatic rings. The highest BCUT2D eigenvalue weighted by Crippen LogP contribution is 2.36. The zero-order valence-corrected chi connectivity index (χ0v) is 14.8. The monoisotopic (exact) mass is 316 g/mol. The van der Waals surface area contributed by atoms with Crippen LogP contribution in [0.25, 0.3) is 0 Å². The van der Waals surface area contributed by atoms with Gasteiger partial charge in [0.25, 0.3) is 0 Å². The van der Waals surface area contributed by atoms with Crippen molar-refractivity contribution in [3.63, 3.8) is 0 Å². The molecule has 1 aromatic rings. The normalized spacial score (nSPS) is 21.7. The van der Waals surface area contributed by atoms with Crippen LogP contribution >= 0.6 is 0 Å². The van der Waals surface area contributed by atoms with Crippen LogP contribution in [0.3, 0.4) is 0 Å². The molecule has 0 heterocycles. The SMILES string of the molecule is CCCCCOc1ccc([C@H]2CC[C@H](C=CCOC)CC2)cc1. The number of hydrogen-bond donors (Lipinski definition) is 0. The lowest BCUT2D eigenvalue weighted by molar-refractivity contribution is 0.233. The first-order valence-electron chi connectivity index (χ1n) is 9.21. The predicted molar refractivity (Wildman–Crippen MR) is 97.2 cm³/mol. The van der Waals surface area contributed by atoms with E-state index in [0.717, 1.165) is 37.2 Å². The van der Waals surface area contributed by atoms with Gasteiger partial charge in [-0.1, -0.05) is 44.1 Å². The molecule has 1 aromatic carbocycles. The van der Waals surface area contributed by atoms with Crippen LogP contribution in [0.5, 0.6) is 5.75 Å². The molecule has 0 unspecified atom stereocenters. The maximum absolute atomic E-state index is 5.80. The van der Waals surface area contributed by atoms with E-state index in [-0.39, 0.29) is 0 Å². The zero-order chi connectivity index (χ0) is 16.3. The van der Waals surface area contributed by atoms with Gasteiger partial charge in [0, 0.05) is 7.11 Å². The Hall–Kier alpha value is -1.28. The molecule has 0 bridgehead atoms. The van der Waals surface area contributed by atoms with Crippen LogP contribution in [-0.2, 0) is 4.74 Å². The minimum absolute atomic E-state index is 0.719. The predicted octanol–water partition coefficient (Wildman–Crippen LogP) is 5.73. The number of ether oxygens (including phenoxy) is 2. The molecule has 0 spiro atoms. The lowest BCUT2D eigenvalue weighted by Crippen LogP contribution is -2.11. The van der Waals surface area contributed by atoms with E-state index in [1.807, 2.05) is 0 Å². The molecule has 128 valence electrons. The van der Waals surface area contributed by atoms with Gasteiger partial charge in [0.15, 0.2) is 0 Å². The quantitative estimate of drug-likeness (QED) is 0.428. The number of hydrogen-bond acceptors (Lipinski definition) is 2. The van der Waals surface area contributed by atoms with Gasteiger partial charge in [-0.2, -0.15) is 0 Å². The first-order chi connectivity index (χ1) is 11.3. The number of unbranched alkanes of at least 4 members (excludes halogenated alkanes) is 2. The lowest BCUT2D eigenvalue weighted by Gasteiger charge is -2.27. The molecule has 2 nitrogen and oxygen atoms in total. The molecule has 0 saturated heterocycles. The van der Waals surface area contributed by atoms with Crippen LogP contribution in [0.15, 0.2) is 36.4 Å². The second kappa shape index (κ2) is 10.5. The summed E-state index contributed by atoms with van der Waals surface area (Å²) < 4.78 is 10.9. The molecule has 1 aliphatic carbocycles. The maximum atomic E-state index is 5.80. The van der Waals surface area contributed by atoms with Crippen molar-refractivity contribution in [2.75, 3.05) is 20.3 Å². The number of rotatable bonds is 9. The van der Waals surface area contributed by atoms with Gasteiger partial charge in [-0.25, -0.2) is 0 Å². The molecule has 1 saturated carbocycles. The van der Waals surface area contributed by atoms with Crippen molar-refractivity contribution in [3.05, 3.63) is 42.0 Å². The molecule has 23 heavy (non-hydrogen) atoms. The van der Waals surface area contributed by atoms with E-state index in [0.29, 0.717) is 0 Å². The first kappa shape index (κ1) is 18.1. The second-order valence-electron chi connectivity index (χ2n) is 6.62. The summed E-state index contributed by atoms with van der Waals surface area (Å²) in [5.41, 5.74) is 1.48. The third kappa shape index (κ3) is 6.39. The van der Waals surface area contributed by atoms with E-state index >= 15 is 0 Å². The largest absolute Gasteiger partial charge is 0.494 e. The highest BCUT2D eigenvalue weighted by Gasteiger charge is 2.20. The highest BCUT2D eigenvalue weighted by atomic mass is 16.5. The average Bonchev–Trinajstić information content (AvgIpc) is 2.60. The fourth-order valence-electron chi connectivity index (χ4n) is 3.37. The van der Waals surface area contributed by atoms with Gasteiger partial charge >= 0.3 is 0 Å².